The second-order valence-electron chi connectivity index (χ2n) is 23.8. The molecular formula is C52H88N2O39. The third-order valence-corrected chi connectivity index (χ3v) is 17.4. The summed E-state index contributed by atoms with van der Waals surface area (Å²) in [5, 5.41) is 245. The van der Waals surface area contributed by atoms with E-state index in [1.807, 2.05) is 0 Å². The molecule has 0 aromatic carbocycles. The number of aliphatic hydroxyl groups is 22. The Kier molecular flexibility index (Phi) is 26.7. The van der Waals surface area contributed by atoms with E-state index in [9.17, 15) is 122 Å². The quantitative estimate of drug-likeness (QED) is 0.0479. The Morgan fingerprint density at radius 2 is 0.559 bits per heavy atom. The van der Waals surface area contributed by atoms with Crippen molar-refractivity contribution in [2.75, 3.05) is 39.6 Å². The van der Waals surface area contributed by atoms with Crippen molar-refractivity contribution >= 4 is 11.8 Å². The molecule has 0 aliphatic carbocycles. The molecule has 0 aromatic rings. The van der Waals surface area contributed by atoms with Crippen LogP contribution in [0.5, 0.6) is 0 Å². The standard InChI is InChI=1S/C52H88N2O39/c1-11-23(63)28(68)33(73)48(79-11)90-41-21(53-13(3)61)46(85-19(9-59)39(41)88-50-35(75)30(70)25(65)15(5-55)82-50)93-44-27(67)17(7-57)84-52(37(44)77)89-40-20(10-60)86-47(22(54-14(4)62)42(40)91-49-34(74)29(69)24(64)12(2)80-49)92-43-26(66)16(6-56)83-51(36(43)76)87-38-18(8-58)81-45(78)32(72)31(38)71/h11-12,15-52,55-60,63-78H,5-10H2,1-4H3,(H,53,61)(H,54,62). The summed E-state index contributed by atoms with van der Waals surface area (Å²) in [6.07, 6.45) is -75.3. The monoisotopic (exact) mass is 1360 g/mol. The second-order valence-corrected chi connectivity index (χ2v) is 23.8. The maximum Gasteiger partial charge on any atom is 0.217 e. The van der Waals surface area contributed by atoms with Gasteiger partial charge < -0.3 is 194 Å². The molecule has 8 heterocycles. The van der Waals surface area contributed by atoms with E-state index in [1.165, 1.54) is 13.8 Å². The third-order valence-electron chi connectivity index (χ3n) is 17.4. The van der Waals surface area contributed by atoms with Crippen molar-refractivity contribution in [2.45, 2.75) is 273 Å². The zero-order valence-corrected chi connectivity index (χ0v) is 50.1. The highest BCUT2D eigenvalue weighted by molar-refractivity contribution is 5.73. The van der Waals surface area contributed by atoms with E-state index in [-0.39, 0.29) is 0 Å². The fraction of sp³-hybridized carbons (Fsp3) is 0.962. The number of amides is 2. The first-order valence-corrected chi connectivity index (χ1v) is 29.9. The number of nitrogens with one attached hydrogen (secondary N) is 2. The van der Waals surface area contributed by atoms with Crippen LogP contribution in [0.2, 0.25) is 0 Å². The Labute approximate surface area is 527 Å². The molecule has 0 aromatic heterocycles. The van der Waals surface area contributed by atoms with Crippen molar-refractivity contribution in [1.29, 1.82) is 0 Å². The maximum absolute atomic E-state index is 13.3. The summed E-state index contributed by atoms with van der Waals surface area (Å²) in [4.78, 5) is 26.6. The zero-order chi connectivity index (χ0) is 68.5. The van der Waals surface area contributed by atoms with Crippen LogP contribution in [0, 0.1) is 0 Å². The molecule has 8 aliphatic heterocycles. The first kappa shape index (κ1) is 76.2. The fourth-order valence-corrected chi connectivity index (χ4v) is 12.2. The van der Waals surface area contributed by atoms with Crippen LogP contribution in [0.4, 0.5) is 0 Å². The smallest absolute Gasteiger partial charge is 0.217 e. The lowest BCUT2D eigenvalue weighted by Crippen LogP contribution is -2.72. The summed E-state index contributed by atoms with van der Waals surface area (Å²) in [7, 11) is 0. The van der Waals surface area contributed by atoms with Gasteiger partial charge in [0.25, 0.3) is 0 Å². The maximum atomic E-state index is 13.3. The Morgan fingerprint density at radius 3 is 0.914 bits per heavy atom. The molecule has 0 saturated carbocycles. The number of hydrogen-bond acceptors (Lipinski definition) is 39. The number of rotatable bonds is 22. The highest BCUT2D eigenvalue weighted by Crippen LogP contribution is 2.40. The minimum absolute atomic E-state index is 0.941. The Balaban J connectivity index is 1.14. The van der Waals surface area contributed by atoms with Gasteiger partial charge in [-0.25, -0.2) is 0 Å². The van der Waals surface area contributed by atoms with E-state index >= 15 is 0 Å². The van der Waals surface area contributed by atoms with E-state index in [4.69, 9.17) is 71.1 Å². The zero-order valence-electron chi connectivity index (χ0n) is 50.1. The van der Waals surface area contributed by atoms with E-state index in [0.29, 0.717) is 0 Å². The lowest BCUT2D eigenvalue weighted by Gasteiger charge is -2.52. The molecule has 8 rings (SSSR count). The summed E-state index contributed by atoms with van der Waals surface area (Å²) < 4.78 is 88.9. The lowest BCUT2D eigenvalue weighted by molar-refractivity contribution is -0.400. The topological polar surface area (TPSA) is 642 Å². The van der Waals surface area contributed by atoms with Gasteiger partial charge in [0, 0.05) is 13.8 Å². The van der Waals surface area contributed by atoms with Crippen LogP contribution in [0.1, 0.15) is 27.7 Å². The molecule has 8 aliphatic rings. The Hall–Kier alpha value is -2.54. The van der Waals surface area contributed by atoms with Crippen LogP contribution in [0.15, 0.2) is 0 Å². The molecule has 0 radical (unpaired) electrons. The normalized spacial score (nSPS) is 51.6. The van der Waals surface area contributed by atoms with Gasteiger partial charge in [0.1, 0.15) is 183 Å². The van der Waals surface area contributed by atoms with E-state index in [2.05, 4.69) is 10.6 Å². The van der Waals surface area contributed by atoms with Crippen LogP contribution in [-0.2, 0) is 80.6 Å². The largest absolute Gasteiger partial charge is 0.394 e. The van der Waals surface area contributed by atoms with Gasteiger partial charge in [0.15, 0.2) is 50.3 Å². The van der Waals surface area contributed by atoms with Crippen molar-refractivity contribution < 1.29 is 193 Å². The van der Waals surface area contributed by atoms with Gasteiger partial charge >= 0.3 is 0 Å². The summed E-state index contributed by atoms with van der Waals surface area (Å²) in [6, 6.07) is -3.88. The molecule has 8 fully saturated rings. The highest BCUT2D eigenvalue weighted by Gasteiger charge is 2.61. The van der Waals surface area contributed by atoms with Gasteiger partial charge in [0.05, 0.1) is 51.8 Å². The number of carbonyl (C=O) groups is 2. The van der Waals surface area contributed by atoms with Gasteiger partial charge in [-0.3, -0.25) is 9.59 Å². The molecule has 540 valence electrons. The van der Waals surface area contributed by atoms with Gasteiger partial charge in [-0.15, -0.1) is 0 Å². The van der Waals surface area contributed by atoms with Crippen molar-refractivity contribution in [3.05, 3.63) is 0 Å². The molecule has 0 bridgehead atoms. The average molecular weight is 1370 g/mol. The predicted octanol–water partition coefficient (Wildman–Crippen LogP) is -16.1. The molecule has 41 nitrogen and oxygen atoms in total. The Bertz CT molecular complexity index is 2350. The number of aliphatic hydroxyl groups excluding tert-OH is 22. The van der Waals surface area contributed by atoms with Crippen molar-refractivity contribution in [3.8, 4) is 0 Å². The summed E-state index contributed by atoms with van der Waals surface area (Å²) in [5.74, 6) is -1.90. The van der Waals surface area contributed by atoms with Crippen molar-refractivity contribution in [3.63, 3.8) is 0 Å². The minimum atomic E-state index is -2.43. The van der Waals surface area contributed by atoms with Crippen molar-refractivity contribution in [1.82, 2.24) is 10.6 Å². The van der Waals surface area contributed by atoms with E-state index in [1.54, 1.807) is 0 Å². The van der Waals surface area contributed by atoms with Crippen molar-refractivity contribution in [2.24, 2.45) is 0 Å². The molecule has 41 heteroatoms. The third kappa shape index (κ3) is 16.2. The first-order chi connectivity index (χ1) is 43.9. The summed E-state index contributed by atoms with van der Waals surface area (Å²) in [6.45, 7) is -2.04. The SMILES string of the molecule is CC(=O)NC1C(OC2C(O)C(CO)OC(OC3C(CO)OC(OC4C(O)C(CO)OC(OC5C(CO)OC(O)C(O)C5O)C4O)C(NC(C)=O)C3OC3OC(C)C(O)C(O)C3O)C2O)OC(CO)C(OC2OC(CO)C(O)C(O)C2O)C1OC1OC(C)C(O)C(O)C1O. The summed E-state index contributed by atoms with van der Waals surface area (Å²) >= 11 is 0. The minimum Gasteiger partial charge on any atom is -0.394 e. The number of ether oxygens (including phenoxy) is 15. The van der Waals surface area contributed by atoms with Gasteiger partial charge in [-0.05, 0) is 13.8 Å². The molecule has 93 heavy (non-hydrogen) atoms. The molecule has 0 spiro atoms. The lowest BCUT2D eigenvalue weighted by atomic mass is 9.93. The molecule has 24 N–H and O–H groups in total. The second kappa shape index (κ2) is 32.6. The predicted molar refractivity (Wildman–Crippen MR) is 285 cm³/mol. The van der Waals surface area contributed by atoms with Gasteiger partial charge in [-0.2, -0.15) is 0 Å². The molecule has 40 atom stereocenters. The van der Waals surface area contributed by atoms with Crippen LogP contribution in [0.3, 0.4) is 0 Å². The Morgan fingerprint density at radius 1 is 0.280 bits per heavy atom. The molecule has 40 unspecified atom stereocenters. The summed E-state index contributed by atoms with van der Waals surface area (Å²) in [5.41, 5.74) is 0. The average Bonchev–Trinajstić information content (AvgIpc) is 0.778. The van der Waals surface area contributed by atoms with Gasteiger partial charge in [0.2, 0.25) is 11.8 Å². The van der Waals surface area contributed by atoms with Gasteiger partial charge in [-0.1, -0.05) is 0 Å². The first-order valence-electron chi connectivity index (χ1n) is 29.9. The van der Waals surface area contributed by atoms with E-state index < -0.39 is 297 Å². The van der Waals surface area contributed by atoms with Crippen LogP contribution in [-0.4, -0.2) is 409 Å². The van der Waals surface area contributed by atoms with E-state index in [0.717, 1.165) is 13.8 Å². The molecule has 2 amide bonds. The fourth-order valence-electron chi connectivity index (χ4n) is 12.2. The van der Waals surface area contributed by atoms with Crippen LogP contribution in [0.25, 0.3) is 0 Å². The van der Waals surface area contributed by atoms with Crippen LogP contribution >= 0.6 is 0 Å². The number of hydrogen-bond donors (Lipinski definition) is 24. The highest BCUT2D eigenvalue weighted by atomic mass is 16.8. The molecular weight excluding hydrogens is 1280 g/mol. The molecule has 8 saturated heterocycles. The van der Waals surface area contributed by atoms with Crippen LogP contribution < -0.4 is 10.6 Å². The number of carbonyl (C=O) groups excluding carboxylic acids is 2.